The Labute approximate surface area is 343 Å². The molecule has 0 aliphatic carbocycles. The molecule has 10 nitrogen and oxygen atoms in total. The van der Waals surface area contributed by atoms with E-state index in [4.69, 9.17) is 29.4 Å². The fourth-order valence-corrected chi connectivity index (χ4v) is 7.53. The lowest BCUT2D eigenvalue weighted by Gasteiger charge is -2.20. The molecule has 0 spiro atoms. The van der Waals surface area contributed by atoms with Crippen LogP contribution in [-0.2, 0) is 32.7 Å². The van der Waals surface area contributed by atoms with Crippen molar-refractivity contribution >= 4 is 19.8 Å². The van der Waals surface area contributed by atoms with Crippen LogP contribution in [0, 0.1) is 0 Å². The first-order valence-electron chi connectivity index (χ1n) is 23.3. The quantitative estimate of drug-likeness (QED) is 0.0234. The van der Waals surface area contributed by atoms with Gasteiger partial charge in [-0.2, -0.15) is 0 Å². The van der Waals surface area contributed by atoms with Crippen LogP contribution in [0.25, 0.3) is 0 Å². The summed E-state index contributed by atoms with van der Waals surface area (Å²) < 4.78 is 33.2. The lowest BCUT2D eigenvalue weighted by molar-refractivity contribution is -0.153. The number of carboxylic acids is 1. The van der Waals surface area contributed by atoms with Crippen LogP contribution >= 0.6 is 7.82 Å². The molecule has 11 heteroatoms. The van der Waals surface area contributed by atoms with E-state index in [0.29, 0.717) is 6.42 Å². The molecular formula is C45H88NO9P. The highest BCUT2D eigenvalue weighted by Gasteiger charge is 2.27. The number of aliphatic carboxylic acids is 1. The third-order valence-corrected chi connectivity index (χ3v) is 11.3. The third kappa shape index (κ3) is 40.7. The van der Waals surface area contributed by atoms with E-state index in [1.165, 1.54) is 180 Å². The molecular weight excluding hydrogens is 729 g/mol. The van der Waals surface area contributed by atoms with Crippen molar-refractivity contribution in [3.8, 4) is 0 Å². The zero-order chi connectivity index (χ0) is 41.2. The van der Waals surface area contributed by atoms with E-state index in [-0.39, 0.29) is 13.0 Å². The van der Waals surface area contributed by atoms with Crippen LogP contribution in [-0.4, -0.2) is 53.9 Å². The average molecular weight is 818 g/mol. The summed E-state index contributed by atoms with van der Waals surface area (Å²) in [6.07, 6.45) is 44.9. The average Bonchev–Trinajstić information content (AvgIpc) is 3.18. The van der Waals surface area contributed by atoms with Crippen molar-refractivity contribution < 1.29 is 42.7 Å². The maximum Gasteiger partial charge on any atom is 0.472 e. The van der Waals surface area contributed by atoms with E-state index < -0.39 is 45.1 Å². The van der Waals surface area contributed by atoms with Gasteiger partial charge in [-0.15, -0.1) is 0 Å². The van der Waals surface area contributed by atoms with Crippen molar-refractivity contribution in [2.45, 2.75) is 244 Å². The molecule has 0 aromatic rings. The summed E-state index contributed by atoms with van der Waals surface area (Å²) in [5, 5.41) is 8.90. The van der Waals surface area contributed by atoms with Gasteiger partial charge in [-0.05, 0) is 25.3 Å². The van der Waals surface area contributed by atoms with Gasteiger partial charge in [0.15, 0.2) is 6.10 Å². The van der Waals surface area contributed by atoms with Crippen molar-refractivity contribution in [2.24, 2.45) is 5.73 Å². The molecule has 0 amide bonds. The van der Waals surface area contributed by atoms with Crippen LogP contribution in [0.5, 0.6) is 0 Å². The summed E-state index contributed by atoms with van der Waals surface area (Å²) in [5.41, 5.74) is 5.36. The fourth-order valence-electron chi connectivity index (χ4n) is 6.75. The van der Waals surface area contributed by atoms with E-state index in [1.807, 2.05) is 6.08 Å². The van der Waals surface area contributed by atoms with E-state index in [1.54, 1.807) is 6.26 Å². The highest BCUT2D eigenvalue weighted by atomic mass is 31.2. The van der Waals surface area contributed by atoms with Gasteiger partial charge >= 0.3 is 19.8 Å². The van der Waals surface area contributed by atoms with Gasteiger partial charge in [0.05, 0.1) is 19.5 Å². The smallest absolute Gasteiger partial charge is 0.472 e. The minimum absolute atomic E-state index is 0.0608. The number of phosphoric acid groups is 1. The van der Waals surface area contributed by atoms with Gasteiger partial charge in [-0.1, -0.05) is 206 Å². The van der Waals surface area contributed by atoms with Crippen molar-refractivity contribution in [1.29, 1.82) is 0 Å². The Hall–Kier alpha value is -1.45. The largest absolute Gasteiger partial charge is 0.498 e. The summed E-state index contributed by atoms with van der Waals surface area (Å²) in [5.74, 6) is -1.79. The second kappa shape index (κ2) is 41.7. The zero-order valence-electron chi connectivity index (χ0n) is 36.2. The summed E-state index contributed by atoms with van der Waals surface area (Å²) in [6.45, 7) is 3.31. The topological polar surface area (TPSA) is 155 Å². The molecule has 332 valence electrons. The number of hydrogen-bond acceptors (Lipinski definition) is 8. The number of carboxylic acid groups (broad SMARTS) is 1. The van der Waals surface area contributed by atoms with Gasteiger partial charge in [0.2, 0.25) is 0 Å². The molecule has 0 aromatic heterocycles. The minimum Gasteiger partial charge on any atom is -0.498 e. The first kappa shape index (κ1) is 54.6. The van der Waals surface area contributed by atoms with Crippen LogP contribution in [0.3, 0.4) is 0 Å². The van der Waals surface area contributed by atoms with Crippen LogP contribution in [0.4, 0.5) is 0 Å². The zero-order valence-corrected chi connectivity index (χ0v) is 37.1. The molecule has 0 saturated heterocycles. The Kier molecular flexibility index (Phi) is 40.6. The molecule has 0 fully saturated rings. The van der Waals surface area contributed by atoms with Gasteiger partial charge in [0.25, 0.3) is 0 Å². The molecule has 0 radical (unpaired) electrons. The second-order valence-corrected chi connectivity index (χ2v) is 17.4. The summed E-state index contributed by atoms with van der Waals surface area (Å²) in [6, 6.07) is -1.48. The first-order valence-corrected chi connectivity index (χ1v) is 24.8. The van der Waals surface area contributed by atoms with Gasteiger partial charge in [0.1, 0.15) is 12.6 Å². The highest BCUT2D eigenvalue weighted by molar-refractivity contribution is 7.47. The van der Waals surface area contributed by atoms with Crippen molar-refractivity contribution in [2.75, 3.05) is 19.8 Å². The van der Waals surface area contributed by atoms with Crippen LogP contribution in [0.2, 0.25) is 0 Å². The van der Waals surface area contributed by atoms with Gasteiger partial charge < -0.3 is 25.2 Å². The van der Waals surface area contributed by atoms with Gasteiger partial charge in [-0.3, -0.25) is 18.6 Å². The molecule has 1 unspecified atom stereocenters. The van der Waals surface area contributed by atoms with Gasteiger partial charge in [-0.25, -0.2) is 4.57 Å². The SMILES string of the molecule is CCCCCCCCCCCCCCCC/C=C\OC[C@H](COP(=O)(O)OC[C@H](N)C(=O)O)OC(=O)CCCCCCCCCCCCCCCCCCCC. The molecule has 3 atom stereocenters. The van der Waals surface area contributed by atoms with Crippen LogP contribution in [0.1, 0.15) is 232 Å². The monoisotopic (exact) mass is 818 g/mol. The lowest BCUT2D eigenvalue weighted by Crippen LogP contribution is -2.34. The van der Waals surface area contributed by atoms with Gasteiger partial charge in [0, 0.05) is 6.42 Å². The number of carbonyl (C=O) groups is 2. The molecule has 0 bridgehead atoms. The summed E-state index contributed by atoms with van der Waals surface area (Å²) >= 11 is 0. The fraction of sp³-hybridized carbons (Fsp3) is 0.911. The third-order valence-electron chi connectivity index (χ3n) is 10.4. The maximum absolute atomic E-state index is 12.6. The maximum atomic E-state index is 12.6. The van der Waals surface area contributed by atoms with Crippen molar-refractivity contribution in [3.63, 3.8) is 0 Å². The number of nitrogens with two attached hydrogens (primary N) is 1. The number of hydrogen-bond donors (Lipinski definition) is 3. The number of esters is 1. The number of ether oxygens (including phenoxy) is 2. The van der Waals surface area contributed by atoms with E-state index in [9.17, 15) is 19.0 Å². The Morgan fingerprint density at radius 2 is 0.911 bits per heavy atom. The van der Waals surface area contributed by atoms with Crippen molar-refractivity contribution in [3.05, 3.63) is 12.3 Å². The van der Waals surface area contributed by atoms with Crippen LogP contribution in [0.15, 0.2) is 12.3 Å². The molecule has 0 aliphatic heterocycles. The predicted octanol–water partition coefficient (Wildman–Crippen LogP) is 13.3. The predicted molar refractivity (Wildman–Crippen MR) is 231 cm³/mol. The Morgan fingerprint density at radius 3 is 1.30 bits per heavy atom. The summed E-state index contributed by atoms with van der Waals surface area (Å²) in [7, 11) is -4.63. The van der Waals surface area contributed by atoms with E-state index in [2.05, 4.69) is 13.8 Å². The number of allylic oxidation sites excluding steroid dienone is 1. The number of phosphoric ester groups is 1. The standard InChI is InChI=1S/C45H88NO9P/c1-3-5-7-9-11-13-15-17-19-21-22-23-25-27-29-31-33-35-37-44(47)55-42(40-53-56(50,51)54-41-43(46)45(48)49)39-52-38-36-34-32-30-28-26-24-20-18-16-14-12-10-8-6-4-2/h36,38,42-43H,3-35,37,39-41,46H2,1-2H3,(H,48,49)(H,50,51)/b38-36-/t42-,43+/m1/s1. The molecule has 4 N–H and O–H groups in total. The Balaban J connectivity index is 4.20. The normalized spacial score (nSPS) is 13.9. The molecule has 0 heterocycles. The number of carbonyl (C=O) groups excluding carboxylic acids is 1. The van der Waals surface area contributed by atoms with E-state index >= 15 is 0 Å². The number of unbranched alkanes of at least 4 members (excludes halogenated alkanes) is 31. The second-order valence-electron chi connectivity index (χ2n) is 16.0. The summed E-state index contributed by atoms with van der Waals surface area (Å²) in [4.78, 5) is 33.5. The molecule has 56 heavy (non-hydrogen) atoms. The molecule has 0 rings (SSSR count). The highest BCUT2D eigenvalue weighted by Crippen LogP contribution is 2.43. The number of rotatable bonds is 45. The Bertz CT molecular complexity index is 951. The van der Waals surface area contributed by atoms with E-state index in [0.717, 1.165) is 25.7 Å². The van der Waals surface area contributed by atoms with Crippen molar-refractivity contribution in [1.82, 2.24) is 0 Å². The first-order chi connectivity index (χ1) is 27.2. The molecule has 0 aliphatic rings. The van der Waals surface area contributed by atoms with Crippen LogP contribution < -0.4 is 5.73 Å². The Morgan fingerprint density at radius 1 is 0.554 bits per heavy atom. The molecule has 0 aromatic carbocycles. The lowest BCUT2D eigenvalue weighted by atomic mass is 10.0. The molecule has 0 saturated carbocycles. The minimum atomic E-state index is -4.63.